The van der Waals surface area contributed by atoms with Gasteiger partial charge in [0.15, 0.2) is 5.69 Å². The highest BCUT2D eigenvalue weighted by Gasteiger charge is 2.15. The van der Waals surface area contributed by atoms with E-state index in [2.05, 4.69) is 18.9 Å². The van der Waals surface area contributed by atoms with Gasteiger partial charge in [-0.25, -0.2) is 4.68 Å². The average Bonchev–Trinajstić information content (AvgIpc) is 2.73. The van der Waals surface area contributed by atoms with Crippen molar-refractivity contribution in [3.8, 4) is 5.69 Å². The summed E-state index contributed by atoms with van der Waals surface area (Å²) in [4.78, 5) is 11.4. The Morgan fingerprint density at radius 1 is 1.33 bits per heavy atom. The minimum absolute atomic E-state index is 0.368. The lowest BCUT2D eigenvalue weighted by atomic mass is 10.0. The van der Waals surface area contributed by atoms with Gasteiger partial charge in [-0.15, -0.1) is 0 Å². The standard InChI is InChI=1S/C14H17N3O/c1-10(2)8-11-9-17(16-13(11)14(15)18)12-6-4-3-5-7-12/h3-7,9-10H,8H2,1-2H3,(H2,15,18). The van der Waals surface area contributed by atoms with Gasteiger partial charge in [-0.2, -0.15) is 5.10 Å². The van der Waals surface area contributed by atoms with E-state index in [9.17, 15) is 4.79 Å². The quantitative estimate of drug-likeness (QED) is 0.894. The summed E-state index contributed by atoms with van der Waals surface area (Å²) in [6.45, 7) is 4.20. The van der Waals surface area contributed by atoms with E-state index in [0.29, 0.717) is 11.6 Å². The topological polar surface area (TPSA) is 60.9 Å². The summed E-state index contributed by atoms with van der Waals surface area (Å²) in [7, 11) is 0. The molecule has 1 amide bonds. The van der Waals surface area contributed by atoms with Crippen molar-refractivity contribution < 1.29 is 4.79 Å². The number of primary amides is 1. The molecule has 0 atom stereocenters. The maximum atomic E-state index is 11.4. The first-order chi connectivity index (χ1) is 8.58. The van der Waals surface area contributed by atoms with E-state index in [1.54, 1.807) is 4.68 Å². The Morgan fingerprint density at radius 3 is 2.56 bits per heavy atom. The van der Waals surface area contributed by atoms with Crippen LogP contribution >= 0.6 is 0 Å². The van der Waals surface area contributed by atoms with Crippen LogP contribution in [0.25, 0.3) is 5.69 Å². The van der Waals surface area contributed by atoms with Crippen molar-refractivity contribution in [2.45, 2.75) is 20.3 Å². The van der Waals surface area contributed by atoms with Crippen LogP contribution in [-0.2, 0) is 6.42 Å². The van der Waals surface area contributed by atoms with Crippen LogP contribution in [0.5, 0.6) is 0 Å². The maximum absolute atomic E-state index is 11.4. The molecule has 0 aliphatic carbocycles. The summed E-state index contributed by atoms with van der Waals surface area (Å²) in [5.74, 6) is -0.0168. The third-order valence-electron chi connectivity index (χ3n) is 2.67. The highest BCUT2D eigenvalue weighted by molar-refractivity contribution is 5.92. The van der Waals surface area contributed by atoms with Crippen molar-refractivity contribution in [3.05, 3.63) is 47.8 Å². The molecule has 0 spiro atoms. The third kappa shape index (κ3) is 2.59. The maximum Gasteiger partial charge on any atom is 0.269 e. The van der Waals surface area contributed by atoms with Gasteiger partial charge in [0.1, 0.15) is 0 Å². The summed E-state index contributed by atoms with van der Waals surface area (Å²) in [5.41, 5.74) is 7.57. The average molecular weight is 243 g/mol. The number of rotatable bonds is 4. The number of carbonyl (C=O) groups excluding carboxylic acids is 1. The largest absolute Gasteiger partial charge is 0.364 e. The zero-order valence-corrected chi connectivity index (χ0v) is 10.6. The second kappa shape index (κ2) is 5.04. The molecule has 1 aromatic carbocycles. The van der Waals surface area contributed by atoms with E-state index in [0.717, 1.165) is 17.7 Å². The molecule has 0 fully saturated rings. The van der Waals surface area contributed by atoms with Crippen LogP contribution < -0.4 is 5.73 Å². The number of nitrogens with two attached hydrogens (primary N) is 1. The van der Waals surface area contributed by atoms with Crippen molar-refractivity contribution in [1.82, 2.24) is 9.78 Å². The van der Waals surface area contributed by atoms with Crippen LogP contribution in [0.3, 0.4) is 0 Å². The SMILES string of the molecule is CC(C)Cc1cn(-c2ccccc2)nc1C(N)=O. The molecule has 18 heavy (non-hydrogen) atoms. The highest BCUT2D eigenvalue weighted by atomic mass is 16.1. The van der Waals surface area contributed by atoms with Gasteiger partial charge in [0, 0.05) is 11.8 Å². The number of aromatic nitrogens is 2. The van der Waals surface area contributed by atoms with Crippen molar-refractivity contribution in [2.75, 3.05) is 0 Å². The molecule has 0 unspecified atom stereocenters. The Bertz CT molecular complexity index is 543. The fourth-order valence-electron chi connectivity index (χ4n) is 1.92. The molecule has 0 saturated carbocycles. The molecular formula is C14H17N3O. The lowest BCUT2D eigenvalue weighted by Gasteiger charge is -2.02. The van der Waals surface area contributed by atoms with Crippen LogP contribution in [0.4, 0.5) is 0 Å². The molecule has 4 heteroatoms. The molecule has 0 radical (unpaired) electrons. The van der Waals surface area contributed by atoms with Gasteiger partial charge in [-0.3, -0.25) is 4.79 Å². The molecule has 2 N–H and O–H groups in total. The number of benzene rings is 1. The first kappa shape index (κ1) is 12.4. The summed E-state index contributed by atoms with van der Waals surface area (Å²) >= 11 is 0. The van der Waals surface area contributed by atoms with Crippen LogP contribution in [0, 0.1) is 5.92 Å². The zero-order chi connectivity index (χ0) is 13.1. The number of amides is 1. The minimum Gasteiger partial charge on any atom is -0.364 e. The Kier molecular flexibility index (Phi) is 3.46. The van der Waals surface area contributed by atoms with Gasteiger partial charge >= 0.3 is 0 Å². The normalized spacial score (nSPS) is 10.8. The molecule has 0 aliphatic rings. The Labute approximate surface area is 106 Å². The van der Waals surface area contributed by atoms with Crippen molar-refractivity contribution in [1.29, 1.82) is 0 Å². The lowest BCUT2D eigenvalue weighted by molar-refractivity contribution is 0.0994. The van der Waals surface area contributed by atoms with Crippen LogP contribution in [0.1, 0.15) is 29.9 Å². The van der Waals surface area contributed by atoms with E-state index >= 15 is 0 Å². The van der Waals surface area contributed by atoms with E-state index < -0.39 is 5.91 Å². The predicted molar refractivity (Wildman–Crippen MR) is 70.6 cm³/mol. The van der Waals surface area contributed by atoms with Crippen molar-refractivity contribution in [3.63, 3.8) is 0 Å². The Hall–Kier alpha value is -2.10. The second-order valence-electron chi connectivity index (χ2n) is 4.75. The summed E-state index contributed by atoms with van der Waals surface area (Å²) in [6, 6.07) is 9.69. The molecule has 0 aliphatic heterocycles. The summed E-state index contributed by atoms with van der Waals surface area (Å²) in [5, 5.41) is 4.28. The number of nitrogens with zero attached hydrogens (tertiary/aromatic N) is 2. The zero-order valence-electron chi connectivity index (χ0n) is 10.6. The number of carbonyl (C=O) groups is 1. The van der Waals surface area contributed by atoms with Crippen molar-refractivity contribution in [2.24, 2.45) is 11.7 Å². The Morgan fingerprint density at radius 2 is 2.00 bits per heavy atom. The first-order valence-electron chi connectivity index (χ1n) is 6.01. The smallest absolute Gasteiger partial charge is 0.269 e. The number of para-hydroxylation sites is 1. The molecule has 1 heterocycles. The highest BCUT2D eigenvalue weighted by Crippen LogP contribution is 2.15. The molecule has 2 aromatic rings. The van der Waals surface area contributed by atoms with Crippen LogP contribution in [0.2, 0.25) is 0 Å². The van der Waals surface area contributed by atoms with E-state index in [-0.39, 0.29) is 0 Å². The fourth-order valence-corrected chi connectivity index (χ4v) is 1.92. The second-order valence-corrected chi connectivity index (χ2v) is 4.75. The van der Waals surface area contributed by atoms with Gasteiger partial charge in [0.25, 0.3) is 5.91 Å². The van der Waals surface area contributed by atoms with E-state index in [1.807, 2.05) is 36.5 Å². The van der Waals surface area contributed by atoms with E-state index in [1.165, 1.54) is 0 Å². The van der Waals surface area contributed by atoms with Crippen molar-refractivity contribution >= 4 is 5.91 Å². The third-order valence-corrected chi connectivity index (χ3v) is 2.67. The molecule has 0 saturated heterocycles. The molecule has 0 bridgehead atoms. The fraction of sp³-hybridized carbons (Fsp3) is 0.286. The molecule has 4 nitrogen and oxygen atoms in total. The first-order valence-corrected chi connectivity index (χ1v) is 6.01. The van der Waals surface area contributed by atoms with Gasteiger partial charge in [-0.05, 0) is 24.5 Å². The predicted octanol–water partition coefficient (Wildman–Crippen LogP) is 2.17. The molecule has 94 valence electrons. The van der Waals surface area contributed by atoms with Gasteiger partial charge < -0.3 is 5.73 Å². The summed E-state index contributed by atoms with van der Waals surface area (Å²) in [6.07, 6.45) is 2.68. The van der Waals surface area contributed by atoms with E-state index in [4.69, 9.17) is 5.73 Å². The number of hydrogen-bond donors (Lipinski definition) is 1. The minimum atomic E-state index is -0.472. The van der Waals surface area contributed by atoms with Gasteiger partial charge in [0.2, 0.25) is 0 Å². The van der Waals surface area contributed by atoms with Gasteiger partial charge in [-0.1, -0.05) is 32.0 Å². The number of hydrogen-bond acceptors (Lipinski definition) is 2. The summed E-state index contributed by atoms with van der Waals surface area (Å²) < 4.78 is 1.71. The lowest BCUT2D eigenvalue weighted by Crippen LogP contribution is -2.15. The Balaban J connectivity index is 2.42. The van der Waals surface area contributed by atoms with Gasteiger partial charge in [0.05, 0.1) is 5.69 Å². The molecule has 2 rings (SSSR count). The van der Waals surface area contributed by atoms with Crippen LogP contribution in [-0.4, -0.2) is 15.7 Å². The molecule has 1 aromatic heterocycles. The van der Waals surface area contributed by atoms with Crippen LogP contribution in [0.15, 0.2) is 36.5 Å². The molecular weight excluding hydrogens is 226 g/mol. The monoisotopic (exact) mass is 243 g/mol.